The van der Waals surface area contributed by atoms with E-state index in [1.165, 1.54) is 11.6 Å². The zero-order valence-electron chi connectivity index (χ0n) is 15.6. The number of para-hydroxylation sites is 2. The van der Waals surface area contributed by atoms with Gasteiger partial charge in [-0.05, 0) is 38.1 Å². The molecule has 0 bridgehead atoms. The molecule has 0 radical (unpaired) electrons. The maximum atomic E-state index is 12.8. The van der Waals surface area contributed by atoms with Crippen LogP contribution in [-0.2, 0) is 6.42 Å². The molecule has 6 nitrogen and oxygen atoms in total. The van der Waals surface area contributed by atoms with Crippen molar-refractivity contribution in [2.75, 3.05) is 0 Å². The van der Waals surface area contributed by atoms with Gasteiger partial charge in [0.15, 0.2) is 17.3 Å². The van der Waals surface area contributed by atoms with Crippen LogP contribution in [0.3, 0.4) is 0 Å². The first kappa shape index (κ1) is 17.7. The van der Waals surface area contributed by atoms with Gasteiger partial charge in [-0.2, -0.15) is 0 Å². The molecular formula is C22H18N4O2. The van der Waals surface area contributed by atoms with Gasteiger partial charge in [0.25, 0.3) is 0 Å². The first-order valence-corrected chi connectivity index (χ1v) is 8.95. The standard InChI is InChI=1S/C22H18N4O2/c1-14-22(24-25-26(14)20-10-6-4-8-18(20)15(2)27)21(28)13-17-12-11-16-7-3-5-9-19(16)23-17/h3-12H,13H2,1-2H3. The maximum absolute atomic E-state index is 12.8. The molecule has 0 fully saturated rings. The van der Waals surface area contributed by atoms with Crippen molar-refractivity contribution in [2.45, 2.75) is 20.3 Å². The monoisotopic (exact) mass is 370 g/mol. The number of Topliss-reactive ketones (excluding diaryl/α,β-unsaturated/α-hetero) is 2. The van der Waals surface area contributed by atoms with Crippen molar-refractivity contribution in [1.29, 1.82) is 0 Å². The fourth-order valence-electron chi connectivity index (χ4n) is 3.23. The number of ketones is 2. The van der Waals surface area contributed by atoms with Gasteiger partial charge in [-0.3, -0.25) is 14.6 Å². The normalized spacial score (nSPS) is 10.9. The summed E-state index contributed by atoms with van der Waals surface area (Å²) in [6.07, 6.45) is 0.138. The first-order valence-electron chi connectivity index (χ1n) is 8.95. The smallest absolute Gasteiger partial charge is 0.190 e. The lowest BCUT2D eigenvalue weighted by Gasteiger charge is -2.08. The summed E-state index contributed by atoms with van der Waals surface area (Å²) in [6, 6.07) is 18.7. The minimum Gasteiger partial charge on any atom is -0.294 e. The molecule has 4 rings (SSSR count). The van der Waals surface area contributed by atoms with E-state index in [-0.39, 0.29) is 23.7 Å². The van der Waals surface area contributed by atoms with Crippen LogP contribution < -0.4 is 0 Å². The summed E-state index contributed by atoms with van der Waals surface area (Å²) in [7, 11) is 0. The van der Waals surface area contributed by atoms with Gasteiger partial charge in [0.2, 0.25) is 0 Å². The van der Waals surface area contributed by atoms with Gasteiger partial charge in [-0.15, -0.1) is 5.10 Å². The van der Waals surface area contributed by atoms with Crippen molar-refractivity contribution in [3.8, 4) is 5.69 Å². The number of rotatable bonds is 5. The van der Waals surface area contributed by atoms with Crippen LogP contribution in [-0.4, -0.2) is 31.5 Å². The minimum absolute atomic E-state index is 0.0706. The van der Waals surface area contributed by atoms with Crippen LogP contribution in [0.5, 0.6) is 0 Å². The Bertz CT molecular complexity index is 1210. The Kier molecular flexibility index (Phi) is 4.53. The second-order valence-electron chi connectivity index (χ2n) is 6.60. The largest absolute Gasteiger partial charge is 0.294 e. The van der Waals surface area contributed by atoms with Gasteiger partial charge in [-0.25, -0.2) is 4.68 Å². The van der Waals surface area contributed by atoms with E-state index < -0.39 is 0 Å². The van der Waals surface area contributed by atoms with Gasteiger partial charge < -0.3 is 0 Å². The SMILES string of the molecule is CC(=O)c1ccccc1-n1nnc(C(=O)Cc2ccc3ccccc3n2)c1C. The summed E-state index contributed by atoms with van der Waals surface area (Å²) in [4.78, 5) is 29.3. The number of hydrogen-bond donors (Lipinski definition) is 0. The Labute approximate surface area is 161 Å². The lowest BCUT2D eigenvalue weighted by Crippen LogP contribution is -2.09. The van der Waals surface area contributed by atoms with Crippen LogP contribution in [0.15, 0.2) is 60.7 Å². The van der Waals surface area contributed by atoms with E-state index in [1.54, 1.807) is 25.1 Å². The zero-order chi connectivity index (χ0) is 19.7. The van der Waals surface area contributed by atoms with E-state index >= 15 is 0 Å². The topological polar surface area (TPSA) is 77.7 Å². The lowest BCUT2D eigenvalue weighted by molar-refractivity contribution is 0.0984. The van der Waals surface area contributed by atoms with Crippen molar-refractivity contribution >= 4 is 22.5 Å². The third kappa shape index (κ3) is 3.20. The van der Waals surface area contributed by atoms with E-state index in [0.29, 0.717) is 22.6 Å². The van der Waals surface area contributed by atoms with Crippen molar-refractivity contribution in [3.63, 3.8) is 0 Å². The van der Waals surface area contributed by atoms with Gasteiger partial charge in [0, 0.05) is 16.6 Å². The summed E-state index contributed by atoms with van der Waals surface area (Å²) in [6.45, 7) is 3.28. The summed E-state index contributed by atoms with van der Waals surface area (Å²) in [5.74, 6) is -0.231. The Balaban J connectivity index is 1.65. The fraction of sp³-hybridized carbons (Fsp3) is 0.136. The molecule has 0 aliphatic carbocycles. The quantitative estimate of drug-likeness (QED) is 0.500. The second-order valence-corrected chi connectivity index (χ2v) is 6.60. The van der Waals surface area contributed by atoms with Gasteiger partial charge in [-0.1, -0.05) is 41.6 Å². The zero-order valence-corrected chi connectivity index (χ0v) is 15.6. The molecule has 0 atom stereocenters. The van der Waals surface area contributed by atoms with E-state index in [1.807, 2.05) is 42.5 Å². The summed E-state index contributed by atoms with van der Waals surface area (Å²) in [5.41, 5.74) is 3.56. The molecule has 0 amide bonds. The third-order valence-electron chi connectivity index (χ3n) is 4.67. The highest BCUT2D eigenvalue weighted by Crippen LogP contribution is 2.19. The highest BCUT2D eigenvalue weighted by Gasteiger charge is 2.20. The highest BCUT2D eigenvalue weighted by molar-refractivity contribution is 5.98. The maximum Gasteiger partial charge on any atom is 0.190 e. The number of pyridine rings is 1. The Morgan fingerprint density at radius 1 is 0.964 bits per heavy atom. The molecule has 2 aromatic carbocycles. The van der Waals surface area contributed by atoms with Crippen LogP contribution in [0.2, 0.25) is 0 Å². The van der Waals surface area contributed by atoms with Crippen LogP contribution in [0, 0.1) is 6.92 Å². The third-order valence-corrected chi connectivity index (χ3v) is 4.67. The van der Waals surface area contributed by atoms with Crippen LogP contribution >= 0.6 is 0 Å². The van der Waals surface area contributed by atoms with Crippen LogP contribution in [0.4, 0.5) is 0 Å². The number of benzene rings is 2. The average Bonchev–Trinajstić information content (AvgIpc) is 3.09. The molecule has 0 saturated carbocycles. The number of hydrogen-bond acceptors (Lipinski definition) is 5. The molecule has 0 aliphatic heterocycles. The second kappa shape index (κ2) is 7.15. The van der Waals surface area contributed by atoms with Crippen molar-refractivity contribution in [2.24, 2.45) is 0 Å². The molecule has 6 heteroatoms. The number of aromatic nitrogens is 4. The van der Waals surface area contributed by atoms with Crippen LogP contribution in [0.25, 0.3) is 16.6 Å². The minimum atomic E-state index is -0.160. The molecule has 138 valence electrons. The highest BCUT2D eigenvalue weighted by atomic mass is 16.1. The predicted molar refractivity (Wildman–Crippen MR) is 106 cm³/mol. The van der Waals surface area contributed by atoms with Gasteiger partial charge in [0.05, 0.1) is 23.3 Å². The number of nitrogens with zero attached hydrogens (tertiary/aromatic N) is 4. The lowest BCUT2D eigenvalue weighted by atomic mass is 10.1. The average molecular weight is 370 g/mol. The number of carbonyl (C=O) groups is 2. The molecular weight excluding hydrogens is 352 g/mol. The first-order chi connectivity index (χ1) is 13.5. The van der Waals surface area contributed by atoms with Crippen LogP contribution in [0.1, 0.15) is 39.2 Å². The molecule has 2 heterocycles. The van der Waals surface area contributed by atoms with E-state index in [0.717, 1.165) is 10.9 Å². The Morgan fingerprint density at radius 2 is 1.71 bits per heavy atom. The van der Waals surface area contributed by atoms with E-state index in [4.69, 9.17) is 0 Å². The molecule has 28 heavy (non-hydrogen) atoms. The summed E-state index contributed by atoms with van der Waals surface area (Å²) < 4.78 is 1.54. The molecule has 0 N–H and O–H groups in total. The van der Waals surface area contributed by atoms with Crippen molar-refractivity contribution in [3.05, 3.63) is 83.3 Å². The number of carbonyl (C=O) groups excluding carboxylic acids is 2. The van der Waals surface area contributed by atoms with Gasteiger partial charge >= 0.3 is 0 Å². The van der Waals surface area contributed by atoms with Gasteiger partial charge in [0.1, 0.15) is 0 Å². The number of fused-ring (bicyclic) bond motifs is 1. The molecule has 0 saturated heterocycles. The predicted octanol–water partition coefficient (Wildman–Crippen LogP) is 3.75. The van der Waals surface area contributed by atoms with Crippen molar-refractivity contribution < 1.29 is 9.59 Å². The summed E-state index contributed by atoms with van der Waals surface area (Å²) >= 11 is 0. The van der Waals surface area contributed by atoms with E-state index in [2.05, 4.69) is 15.3 Å². The molecule has 0 aliphatic rings. The molecule has 0 unspecified atom stereocenters. The van der Waals surface area contributed by atoms with Crippen molar-refractivity contribution in [1.82, 2.24) is 20.0 Å². The molecule has 4 aromatic rings. The molecule has 0 spiro atoms. The summed E-state index contributed by atoms with van der Waals surface area (Å²) in [5, 5.41) is 9.22. The molecule has 2 aromatic heterocycles. The Hall–Kier alpha value is -3.67. The fourth-order valence-corrected chi connectivity index (χ4v) is 3.23. The Morgan fingerprint density at radius 3 is 2.54 bits per heavy atom. The van der Waals surface area contributed by atoms with E-state index in [9.17, 15) is 9.59 Å².